The molecule has 7 heteroatoms. The molecule has 0 spiro atoms. The standard InChI is InChI=1S/C16H29N5O2/c1-19(16(22)14-17-7-13-23-2)15-4-9-20(10-5-15)11-12-21-8-3-6-18-21/h3,6,8,15,17H,4-5,7,9-14H2,1-2H3. The van der Waals surface area contributed by atoms with Crippen LogP contribution in [0.1, 0.15) is 12.8 Å². The van der Waals surface area contributed by atoms with Crippen molar-refractivity contribution in [3.8, 4) is 0 Å². The average molecular weight is 323 g/mol. The molecule has 0 aromatic carbocycles. The van der Waals surface area contributed by atoms with Crippen LogP contribution in [0.2, 0.25) is 0 Å². The van der Waals surface area contributed by atoms with Crippen molar-refractivity contribution in [1.82, 2.24) is 24.9 Å². The second-order valence-corrected chi connectivity index (χ2v) is 6.02. The predicted octanol–water partition coefficient (Wildman–Crippen LogP) is 0.0419. The third kappa shape index (κ3) is 5.93. The number of hydrogen-bond acceptors (Lipinski definition) is 5. The first-order valence-corrected chi connectivity index (χ1v) is 8.36. The molecule has 0 saturated carbocycles. The van der Waals surface area contributed by atoms with Crippen molar-refractivity contribution >= 4 is 5.91 Å². The number of nitrogens with one attached hydrogen (secondary N) is 1. The molecular weight excluding hydrogens is 294 g/mol. The lowest BCUT2D eigenvalue weighted by Crippen LogP contribution is -2.48. The van der Waals surface area contributed by atoms with E-state index in [0.717, 1.165) is 39.0 Å². The summed E-state index contributed by atoms with van der Waals surface area (Å²) in [4.78, 5) is 16.5. The summed E-state index contributed by atoms with van der Waals surface area (Å²) in [5, 5.41) is 7.34. The number of aromatic nitrogens is 2. The lowest BCUT2D eigenvalue weighted by Gasteiger charge is -2.36. The summed E-state index contributed by atoms with van der Waals surface area (Å²) in [6, 6.07) is 2.31. The van der Waals surface area contributed by atoms with Crippen LogP contribution in [-0.2, 0) is 16.1 Å². The lowest BCUT2D eigenvalue weighted by molar-refractivity contribution is -0.131. The van der Waals surface area contributed by atoms with E-state index < -0.39 is 0 Å². The summed E-state index contributed by atoms with van der Waals surface area (Å²) in [6.07, 6.45) is 5.89. The van der Waals surface area contributed by atoms with Gasteiger partial charge in [0.15, 0.2) is 0 Å². The molecule has 1 aromatic rings. The van der Waals surface area contributed by atoms with Gasteiger partial charge in [0, 0.05) is 58.8 Å². The number of carbonyl (C=O) groups is 1. The topological polar surface area (TPSA) is 62.6 Å². The van der Waals surface area contributed by atoms with Crippen molar-refractivity contribution in [1.29, 1.82) is 0 Å². The molecule has 0 unspecified atom stereocenters. The predicted molar refractivity (Wildman–Crippen MR) is 89.2 cm³/mol. The van der Waals surface area contributed by atoms with Crippen LogP contribution in [0.3, 0.4) is 0 Å². The van der Waals surface area contributed by atoms with Gasteiger partial charge in [0.1, 0.15) is 0 Å². The van der Waals surface area contributed by atoms with Gasteiger partial charge in [-0.15, -0.1) is 0 Å². The molecule has 2 rings (SSSR count). The van der Waals surface area contributed by atoms with Crippen molar-refractivity contribution in [3.63, 3.8) is 0 Å². The molecule has 1 fully saturated rings. The van der Waals surface area contributed by atoms with Gasteiger partial charge >= 0.3 is 0 Å². The third-order valence-corrected chi connectivity index (χ3v) is 4.46. The van der Waals surface area contributed by atoms with Crippen molar-refractivity contribution < 1.29 is 9.53 Å². The molecule has 7 nitrogen and oxygen atoms in total. The van der Waals surface area contributed by atoms with Crippen LogP contribution in [0, 0.1) is 0 Å². The fourth-order valence-electron chi connectivity index (χ4n) is 2.90. The van der Waals surface area contributed by atoms with Crippen molar-refractivity contribution in [2.24, 2.45) is 0 Å². The highest BCUT2D eigenvalue weighted by atomic mass is 16.5. The number of carbonyl (C=O) groups excluding carboxylic acids is 1. The van der Waals surface area contributed by atoms with Gasteiger partial charge in [0.25, 0.3) is 0 Å². The van der Waals surface area contributed by atoms with Crippen molar-refractivity contribution in [2.75, 3.05) is 53.5 Å². The Labute approximate surface area is 138 Å². The Kier molecular flexibility index (Phi) is 7.51. The summed E-state index contributed by atoms with van der Waals surface area (Å²) < 4.78 is 6.93. The molecule has 0 aliphatic carbocycles. The lowest BCUT2D eigenvalue weighted by atomic mass is 10.0. The maximum absolute atomic E-state index is 12.2. The number of piperidine rings is 1. The van der Waals surface area contributed by atoms with E-state index in [0.29, 0.717) is 25.7 Å². The van der Waals surface area contributed by atoms with Crippen LogP contribution in [-0.4, -0.2) is 85.0 Å². The SMILES string of the molecule is COCCNCC(=O)N(C)C1CCN(CCn2cccn2)CC1. The smallest absolute Gasteiger partial charge is 0.236 e. The van der Waals surface area contributed by atoms with E-state index in [9.17, 15) is 4.79 Å². The Hall–Kier alpha value is -1.44. The maximum Gasteiger partial charge on any atom is 0.236 e. The molecule has 1 N–H and O–H groups in total. The zero-order valence-electron chi connectivity index (χ0n) is 14.3. The number of hydrogen-bond donors (Lipinski definition) is 1. The Morgan fingerprint density at radius 3 is 2.83 bits per heavy atom. The molecule has 23 heavy (non-hydrogen) atoms. The van der Waals surface area contributed by atoms with Gasteiger partial charge in [0.05, 0.1) is 19.7 Å². The van der Waals surface area contributed by atoms with Crippen LogP contribution in [0.15, 0.2) is 18.5 Å². The average Bonchev–Trinajstić information content (AvgIpc) is 3.10. The van der Waals surface area contributed by atoms with E-state index in [-0.39, 0.29) is 5.91 Å². The normalized spacial score (nSPS) is 16.6. The van der Waals surface area contributed by atoms with Gasteiger partial charge in [0.2, 0.25) is 5.91 Å². The molecule has 1 aliphatic rings. The third-order valence-electron chi connectivity index (χ3n) is 4.46. The summed E-state index contributed by atoms with van der Waals surface area (Å²) in [7, 11) is 3.58. The number of ether oxygens (including phenoxy) is 1. The maximum atomic E-state index is 12.2. The summed E-state index contributed by atoms with van der Waals surface area (Å²) in [6.45, 7) is 5.76. The van der Waals surface area contributed by atoms with E-state index in [2.05, 4.69) is 15.3 Å². The Bertz CT molecular complexity index is 443. The van der Waals surface area contributed by atoms with Gasteiger partial charge in [-0.25, -0.2) is 0 Å². The Morgan fingerprint density at radius 2 is 2.17 bits per heavy atom. The monoisotopic (exact) mass is 323 g/mol. The van der Waals surface area contributed by atoms with Crippen LogP contribution in [0.25, 0.3) is 0 Å². The first-order valence-electron chi connectivity index (χ1n) is 8.36. The molecule has 1 amide bonds. The minimum Gasteiger partial charge on any atom is -0.383 e. The zero-order chi connectivity index (χ0) is 16.5. The Balaban J connectivity index is 1.63. The van der Waals surface area contributed by atoms with Crippen molar-refractivity contribution in [2.45, 2.75) is 25.4 Å². The fraction of sp³-hybridized carbons (Fsp3) is 0.750. The zero-order valence-corrected chi connectivity index (χ0v) is 14.3. The molecule has 2 heterocycles. The molecule has 0 atom stereocenters. The van der Waals surface area contributed by atoms with Gasteiger partial charge in [-0.05, 0) is 18.9 Å². The van der Waals surface area contributed by atoms with Crippen molar-refractivity contribution in [3.05, 3.63) is 18.5 Å². The number of nitrogens with zero attached hydrogens (tertiary/aromatic N) is 4. The minimum absolute atomic E-state index is 0.163. The van der Waals surface area contributed by atoms with Crippen LogP contribution in [0.4, 0.5) is 0 Å². The number of likely N-dealkylation sites (tertiary alicyclic amines) is 1. The van der Waals surface area contributed by atoms with E-state index in [1.807, 2.05) is 35.1 Å². The van der Waals surface area contributed by atoms with Gasteiger partial charge in [-0.1, -0.05) is 0 Å². The highest BCUT2D eigenvalue weighted by molar-refractivity contribution is 5.78. The number of amides is 1. The second kappa shape index (κ2) is 9.64. The highest BCUT2D eigenvalue weighted by Crippen LogP contribution is 2.15. The van der Waals surface area contributed by atoms with E-state index in [4.69, 9.17) is 4.74 Å². The number of rotatable bonds is 9. The summed E-state index contributed by atoms with van der Waals surface area (Å²) >= 11 is 0. The van der Waals surface area contributed by atoms with Crippen LogP contribution < -0.4 is 5.32 Å². The second-order valence-electron chi connectivity index (χ2n) is 6.02. The van der Waals surface area contributed by atoms with E-state index >= 15 is 0 Å². The van der Waals surface area contributed by atoms with E-state index in [1.165, 1.54) is 0 Å². The first-order chi connectivity index (χ1) is 11.2. The summed E-state index contributed by atoms with van der Waals surface area (Å²) in [5.74, 6) is 0.163. The summed E-state index contributed by atoms with van der Waals surface area (Å²) in [5.41, 5.74) is 0. The van der Waals surface area contributed by atoms with Gasteiger partial charge in [-0.2, -0.15) is 5.10 Å². The largest absolute Gasteiger partial charge is 0.383 e. The molecule has 0 radical (unpaired) electrons. The molecule has 1 aromatic heterocycles. The quantitative estimate of drug-likeness (QED) is 0.650. The fourth-order valence-corrected chi connectivity index (χ4v) is 2.90. The molecular formula is C16H29N5O2. The number of methoxy groups -OCH3 is 1. The van der Waals surface area contributed by atoms with Crippen LogP contribution in [0.5, 0.6) is 0 Å². The minimum atomic E-state index is 0.163. The van der Waals surface area contributed by atoms with Gasteiger partial charge < -0.3 is 19.9 Å². The Morgan fingerprint density at radius 1 is 1.39 bits per heavy atom. The van der Waals surface area contributed by atoms with Gasteiger partial charge in [-0.3, -0.25) is 9.48 Å². The highest BCUT2D eigenvalue weighted by Gasteiger charge is 2.24. The van der Waals surface area contributed by atoms with E-state index in [1.54, 1.807) is 7.11 Å². The molecule has 130 valence electrons. The number of likely N-dealkylation sites (N-methyl/N-ethyl adjacent to an activating group) is 1. The molecule has 1 aliphatic heterocycles. The van der Waals surface area contributed by atoms with Crippen LogP contribution >= 0.6 is 0 Å². The first kappa shape index (κ1) is 17.9. The molecule has 1 saturated heterocycles. The molecule has 0 bridgehead atoms.